The number of hydrogen-bond donors (Lipinski definition) is 1. The van der Waals surface area contributed by atoms with Crippen LogP contribution in [0.25, 0.3) is 0 Å². The second kappa shape index (κ2) is 7.02. The fourth-order valence-corrected chi connectivity index (χ4v) is 3.49. The van der Waals surface area contributed by atoms with Crippen molar-refractivity contribution in [1.82, 2.24) is 10.2 Å². The number of likely N-dealkylation sites (tertiary alicyclic amines) is 1. The first-order valence-corrected chi connectivity index (χ1v) is 8.37. The lowest BCUT2D eigenvalue weighted by molar-refractivity contribution is -0.132. The minimum Gasteiger partial charge on any atom is -0.497 e. The van der Waals surface area contributed by atoms with Crippen LogP contribution in [0.1, 0.15) is 31.2 Å². The molecule has 1 aromatic carbocycles. The molecule has 124 valence electrons. The summed E-state index contributed by atoms with van der Waals surface area (Å²) in [6, 6.07) is 7.94. The van der Waals surface area contributed by atoms with Crippen molar-refractivity contribution < 1.29 is 14.3 Å². The third-order valence-corrected chi connectivity index (χ3v) is 4.82. The molecule has 0 aliphatic carbocycles. The Morgan fingerprint density at radius 3 is 3.04 bits per heavy atom. The van der Waals surface area contributed by atoms with Crippen LogP contribution in [0.15, 0.2) is 24.3 Å². The molecule has 0 radical (unpaired) electrons. The minimum atomic E-state index is -0.0386. The van der Waals surface area contributed by atoms with Crippen LogP contribution >= 0.6 is 0 Å². The minimum absolute atomic E-state index is 0.0386. The number of rotatable bonds is 4. The van der Waals surface area contributed by atoms with Gasteiger partial charge in [-0.2, -0.15) is 0 Å². The number of methoxy groups -OCH3 is 1. The molecule has 2 fully saturated rings. The van der Waals surface area contributed by atoms with Crippen LogP contribution in [0.2, 0.25) is 0 Å². The van der Waals surface area contributed by atoms with E-state index in [1.54, 1.807) is 7.11 Å². The molecule has 5 nitrogen and oxygen atoms in total. The average Bonchev–Trinajstić information content (AvgIpc) is 2.81. The Morgan fingerprint density at radius 2 is 2.22 bits per heavy atom. The van der Waals surface area contributed by atoms with Gasteiger partial charge >= 0.3 is 0 Å². The van der Waals surface area contributed by atoms with Crippen molar-refractivity contribution in [3.05, 3.63) is 29.8 Å². The lowest BCUT2D eigenvalue weighted by atomic mass is 9.99. The van der Waals surface area contributed by atoms with Gasteiger partial charge in [-0.25, -0.2) is 0 Å². The van der Waals surface area contributed by atoms with E-state index in [0.717, 1.165) is 30.6 Å². The van der Waals surface area contributed by atoms with E-state index in [1.165, 1.54) is 0 Å². The van der Waals surface area contributed by atoms with Crippen molar-refractivity contribution in [1.29, 1.82) is 0 Å². The number of carbonyl (C=O) groups is 2. The standard InChI is InChI=1S/C18H24N2O3/c1-23-16-7-2-4-13(10-16)8-9-17(21)20-11-14-5-3-6-15(12-20)19-18(14)22/h2,4,7,10,14-15H,3,5-6,8-9,11-12H2,1H3,(H,19,22)/t14-,15+/m0/s1. The van der Waals surface area contributed by atoms with Gasteiger partial charge in [0.1, 0.15) is 5.75 Å². The maximum absolute atomic E-state index is 12.6. The third-order valence-electron chi connectivity index (χ3n) is 4.82. The van der Waals surface area contributed by atoms with Gasteiger partial charge in [-0.3, -0.25) is 9.59 Å². The second-order valence-corrected chi connectivity index (χ2v) is 6.48. The second-order valence-electron chi connectivity index (χ2n) is 6.48. The number of hydrogen-bond acceptors (Lipinski definition) is 3. The van der Waals surface area contributed by atoms with Crippen LogP contribution in [0, 0.1) is 5.92 Å². The van der Waals surface area contributed by atoms with E-state index >= 15 is 0 Å². The van der Waals surface area contributed by atoms with Crippen molar-refractivity contribution >= 4 is 11.8 Å². The number of benzene rings is 1. The van der Waals surface area contributed by atoms with Gasteiger partial charge in [0.25, 0.3) is 0 Å². The van der Waals surface area contributed by atoms with Gasteiger partial charge in [-0.05, 0) is 37.0 Å². The van der Waals surface area contributed by atoms with Crippen molar-refractivity contribution in [2.75, 3.05) is 20.2 Å². The highest BCUT2D eigenvalue weighted by molar-refractivity contribution is 5.82. The van der Waals surface area contributed by atoms with E-state index in [9.17, 15) is 9.59 Å². The van der Waals surface area contributed by atoms with Gasteiger partial charge in [0.15, 0.2) is 0 Å². The number of ether oxygens (including phenoxy) is 1. The highest BCUT2D eigenvalue weighted by atomic mass is 16.5. The van der Waals surface area contributed by atoms with E-state index in [2.05, 4.69) is 5.32 Å². The molecule has 2 aliphatic heterocycles. The molecule has 5 heteroatoms. The van der Waals surface area contributed by atoms with Crippen molar-refractivity contribution in [2.24, 2.45) is 5.92 Å². The molecule has 1 N–H and O–H groups in total. The zero-order valence-electron chi connectivity index (χ0n) is 13.6. The van der Waals surface area contributed by atoms with Crippen LogP contribution in [0.3, 0.4) is 0 Å². The van der Waals surface area contributed by atoms with E-state index in [-0.39, 0.29) is 23.8 Å². The predicted molar refractivity (Wildman–Crippen MR) is 87.2 cm³/mol. The molecule has 0 aromatic heterocycles. The summed E-state index contributed by atoms with van der Waals surface area (Å²) in [4.78, 5) is 26.5. The average molecular weight is 316 g/mol. The molecule has 0 spiro atoms. The summed E-state index contributed by atoms with van der Waals surface area (Å²) in [5, 5.41) is 3.07. The number of nitrogens with one attached hydrogen (secondary N) is 1. The summed E-state index contributed by atoms with van der Waals surface area (Å²) in [6.07, 6.45) is 4.11. The zero-order valence-corrected chi connectivity index (χ0v) is 13.6. The normalized spacial score (nSPS) is 23.9. The molecule has 0 saturated carbocycles. The largest absolute Gasteiger partial charge is 0.497 e. The summed E-state index contributed by atoms with van der Waals surface area (Å²) < 4.78 is 5.22. The van der Waals surface area contributed by atoms with Crippen LogP contribution in [-0.2, 0) is 16.0 Å². The highest BCUT2D eigenvalue weighted by Gasteiger charge is 2.34. The molecule has 2 amide bonds. The maximum atomic E-state index is 12.6. The lowest BCUT2D eigenvalue weighted by Crippen LogP contribution is -2.41. The van der Waals surface area contributed by atoms with Gasteiger partial charge in [0.05, 0.1) is 13.0 Å². The molecular weight excluding hydrogens is 292 g/mol. The van der Waals surface area contributed by atoms with E-state index < -0.39 is 0 Å². The predicted octanol–water partition coefficient (Wildman–Crippen LogP) is 1.75. The Bertz CT molecular complexity index is 587. The zero-order chi connectivity index (χ0) is 16.2. The summed E-state index contributed by atoms with van der Waals surface area (Å²) >= 11 is 0. The van der Waals surface area contributed by atoms with E-state index in [0.29, 0.717) is 25.9 Å². The van der Waals surface area contributed by atoms with Gasteiger partial charge in [-0.1, -0.05) is 18.6 Å². The fourth-order valence-electron chi connectivity index (χ4n) is 3.49. The summed E-state index contributed by atoms with van der Waals surface area (Å²) in [6.45, 7) is 1.22. The quantitative estimate of drug-likeness (QED) is 0.921. The Labute approximate surface area is 137 Å². The smallest absolute Gasteiger partial charge is 0.225 e. The highest BCUT2D eigenvalue weighted by Crippen LogP contribution is 2.22. The summed E-state index contributed by atoms with van der Waals surface area (Å²) in [7, 11) is 1.64. The van der Waals surface area contributed by atoms with Crippen molar-refractivity contribution in [3.63, 3.8) is 0 Å². The molecule has 23 heavy (non-hydrogen) atoms. The molecule has 2 heterocycles. The molecular formula is C18H24N2O3. The SMILES string of the molecule is COc1cccc(CCC(=O)N2C[C@H]3CCC[C@@H](C2)C(=O)N3)c1. The van der Waals surface area contributed by atoms with Gasteiger partial charge in [0.2, 0.25) is 11.8 Å². The number of fused-ring (bicyclic) bond motifs is 3. The Hall–Kier alpha value is -2.04. The number of nitrogens with zero attached hydrogens (tertiary/aromatic N) is 1. The molecule has 2 bridgehead atoms. The molecule has 2 saturated heterocycles. The molecule has 3 rings (SSSR count). The summed E-state index contributed by atoms with van der Waals surface area (Å²) in [5.41, 5.74) is 1.10. The summed E-state index contributed by atoms with van der Waals surface area (Å²) in [5.74, 6) is 1.04. The molecule has 2 atom stereocenters. The van der Waals surface area contributed by atoms with Crippen LogP contribution in [-0.4, -0.2) is 43.0 Å². The van der Waals surface area contributed by atoms with Crippen LogP contribution < -0.4 is 10.1 Å². The fraction of sp³-hybridized carbons (Fsp3) is 0.556. The Kier molecular flexibility index (Phi) is 4.84. The third kappa shape index (κ3) is 3.84. The van der Waals surface area contributed by atoms with Gasteiger partial charge in [-0.15, -0.1) is 0 Å². The first kappa shape index (κ1) is 15.8. The first-order chi connectivity index (χ1) is 11.2. The molecule has 2 aliphatic rings. The first-order valence-electron chi connectivity index (χ1n) is 8.37. The van der Waals surface area contributed by atoms with Crippen molar-refractivity contribution in [2.45, 2.75) is 38.1 Å². The lowest BCUT2D eigenvalue weighted by Gasteiger charge is -2.27. The van der Waals surface area contributed by atoms with Gasteiger partial charge in [0, 0.05) is 25.6 Å². The van der Waals surface area contributed by atoms with Crippen LogP contribution in [0.5, 0.6) is 5.75 Å². The van der Waals surface area contributed by atoms with Crippen LogP contribution in [0.4, 0.5) is 0 Å². The van der Waals surface area contributed by atoms with E-state index in [1.807, 2.05) is 29.2 Å². The Balaban J connectivity index is 1.60. The van der Waals surface area contributed by atoms with E-state index in [4.69, 9.17) is 4.74 Å². The molecule has 1 aromatic rings. The number of amides is 2. The Morgan fingerprint density at radius 1 is 1.35 bits per heavy atom. The number of aryl methyl sites for hydroxylation is 1. The maximum Gasteiger partial charge on any atom is 0.225 e. The topological polar surface area (TPSA) is 58.6 Å². The molecule has 0 unspecified atom stereocenters. The van der Waals surface area contributed by atoms with Gasteiger partial charge < -0.3 is 15.0 Å². The monoisotopic (exact) mass is 316 g/mol. The van der Waals surface area contributed by atoms with Crippen molar-refractivity contribution in [3.8, 4) is 5.75 Å². The number of carbonyl (C=O) groups excluding carboxylic acids is 2.